The number of aromatic nitrogens is 2. The number of rotatable bonds is 17. The molecule has 2 rings (SSSR count). The quantitative estimate of drug-likeness (QED) is 0.210. The highest BCUT2D eigenvalue weighted by molar-refractivity contribution is 5.56. The summed E-state index contributed by atoms with van der Waals surface area (Å²) in [6.45, 7) is 7.25. The van der Waals surface area contributed by atoms with Gasteiger partial charge in [0.2, 0.25) is 0 Å². The lowest BCUT2D eigenvalue weighted by atomic mass is 10.1. The molecular weight excluding hydrogens is 388 g/mol. The Morgan fingerprint density at radius 3 is 2.23 bits per heavy atom. The number of allylic oxidation sites excluding steroid dienone is 1. The van der Waals surface area contributed by atoms with Crippen molar-refractivity contribution in [1.82, 2.24) is 9.97 Å². The summed E-state index contributed by atoms with van der Waals surface area (Å²) >= 11 is 0. The van der Waals surface area contributed by atoms with E-state index in [1.54, 1.807) is 12.4 Å². The molecule has 0 aliphatic rings. The average Bonchev–Trinajstić information content (AvgIpc) is 2.81. The van der Waals surface area contributed by atoms with Crippen LogP contribution in [0.15, 0.2) is 48.8 Å². The van der Waals surface area contributed by atoms with Crippen LogP contribution in [0.2, 0.25) is 0 Å². The van der Waals surface area contributed by atoms with Gasteiger partial charge in [-0.1, -0.05) is 45.3 Å². The maximum absolute atomic E-state index is 5.79. The van der Waals surface area contributed by atoms with Gasteiger partial charge in [-0.3, -0.25) is 0 Å². The van der Waals surface area contributed by atoms with Crippen LogP contribution in [0.3, 0.4) is 0 Å². The van der Waals surface area contributed by atoms with E-state index < -0.39 is 0 Å². The van der Waals surface area contributed by atoms with Crippen molar-refractivity contribution in [2.24, 2.45) is 0 Å². The molecule has 170 valence electrons. The third-order valence-electron chi connectivity index (χ3n) is 4.78. The van der Waals surface area contributed by atoms with E-state index in [-0.39, 0.29) is 0 Å². The van der Waals surface area contributed by atoms with Crippen LogP contribution >= 0.6 is 0 Å². The Labute approximate surface area is 187 Å². The molecule has 5 nitrogen and oxygen atoms in total. The lowest BCUT2D eigenvalue weighted by Gasteiger charge is -2.08. The van der Waals surface area contributed by atoms with Crippen molar-refractivity contribution in [2.75, 3.05) is 26.4 Å². The van der Waals surface area contributed by atoms with Crippen LogP contribution in [0.4, 0.5) is 0 Å². The largest absolute Gasteiger partial charge is 0.494 e. The highest BCUT2D eigenvalue weighted by Crippen LogP contribution is 2.20. The summed E-state index contributed by atoms with van der Waals surface area (Å²) in [5.41, 5.74) is 0.957. The molecule has 0 aliphatic carbocycles. The minimum atomic E-state index is 0.549. The zero-order chi connectivity index (χ0) is 22.0. The molecule has 0 saturated carbocycles. The second-order valence-electron chi connectivity index (χ2n) is 7.57. The summed E-state index contributed by atoms with van der Waals surface area (Å²) in [5.74, 6) is 2.22. The van der Waals surface area contributed by atoms with Gasteiger partial charge in [-0.25, -0.2) is 9.97 Å². The fourth-order valence-electron chi connectivity index (χ4n) is 3.00. The van der Waals surface area contributed by atoms with Crippen LogP contribution < -0.4 is 9.47 Å². The third kappa shape index (κ3) is 11.0. The molecule has 0 unspecified atom stereocenters. The molecule has 0 spiro atoms. The maximum atomic E-state index is 5.79. The first-order chi connectivity index (χ1) is 15.3. The molecule has 0 N–H and O–H groups in total. The molecule has 0 saturated heterocycles. The van der Waals surface area contributed by atoms with Gasteiger partial charge in [0.1, 0.15) is 12.4 Å². The molecular formula is C26H38N2O3. The van der Waals surface area contributed by atoms with E-state index in [9.17, 15) is 0 Å². The van der Waals surface area contributed by atoms with Crippen molar-refractivity contribution in [3.63, 3.8) is 0 Å². The topological polar surface area (TPSA) is 53.5 Å². The van der Waals surface area contributed by atoms with Crippen LogP contribution in [-0.2, 0) is 4.74 Å². The molecule has 5 heteroatoms. The predicted octanol–water partition coefficient (Wildman–Crippen LogP) is 6.63. The van der Waals surface area contributed by atoms with Gasteiger partial charge in [-0.15, -0.1) is 0 Å². The number of hydrogen-bond acceptors (Lipinski definition) is 5. The summed E-state index contributed by atoms with van der Waals surface area (Å²) in [4.78, 5) is 8.85. The number of benzene rings is 1. The molecule has 1 aromatic heterocycles. The zero-order valence-electron chi connectivity index (χ0n) is 19.2. The lowest BCUT2D eigenvalue weighted by Crippen LogP contribution is -2.01. The van der Waals surface area contributed by atoms with Gasteiger partial charge < -0.3 is 14.2 Å². The van der Waals surface area contributed by atoms with E-state index >= 15 is 0 Å². The monoisotopic (exact) mass is 426 g/mol. The molecule has 0 amide bonds. The summed E-state index contributed by atoms with van der Waals surface area (Å²) < 4.78 is 17.0. The molecule has 0 atom stereocenters. The smallest absolute Gasteiger partial charge is 0.159 e. The summed E-state index contributed by atoms with van der Waals surface area (Å²) in [6.07, 6.45) is 17.0. The van der Waals surface area contributed by atoms with E-state index in [0.29, 0.717) is 24.8 Å². The van der Waals surface area contributed by atoms with Gasteiger partial charge in [0.15, 0.2) is 11.6 Å². The summed E-state index contributed by atoms with van der Waals surface area (Å²) in [5, 5.41) is 0. The second kappa shape index (κ2) is 16.3. The van der Waals surface area contributed by atoms with E-state index in [1.807, 2.05) is 24.3 Å². The average molecular weight is 427 g/mol. The first-order valence-electron chi connectivity index (χ1n) is 11.7. The first kappa shape index (κ1) is 24.9. The van der Waals surface area contributed by atoms with Crippen LogP contribution in [0.25, 0.3) is 11.4 Å². The highest BCUT2D eigenvalue weighted by Gasteiger charge is 2.03. The van der Waals surface area contributed by atoms with Crippen LogP contribution in [0.1, 0.15) is 65.2 Å². The van der Waals surface area contributed by atoms with Gasteiger partial charge in [-0.05, 0) is 56.4 Å². The molecule has 0 radical (unpaired) electrons. The Kier molecular flexibility index (Phi) is 13.1. The second-order valence-corrected chi connectivity index (χ2v) is 7.57. The van der Waals surface area contributed by atoms with E-state index in [0.717, 1.165) is 50.2 Å². The predicted molar refractivity (Wildman–Crippen MR) is 127 cm³/mol. The van der Waals surface area contributed by atoms with E-state index in [4.69, 9.17) is 14.2 Å². The Bertz CT molecular complexity index is 714. The minimum Gasteiger partial charge on any atom is -0.494 e. The Hall–Kier alpha value is -2.40. The van der Waals surface area contributed by atoms with Gasteiger partial charge in [0, 0.05) is 18.8 Å². The molecule has 2 aromatic rings. The molecule has 0 aliphatic heterocycles. The molecule has 0 bridgehead atoms. The minimum absolute atomic E-state index is 0.549. The van der Waals surface area contributed by atoms with E-state index in [1.165, 1.54) is 25.7 Å². The van der Waals surface area contributed by atoms with Crippen LogP contribution in [0.5, 0.6) is 11.5 Å². The molecule has 1 heterocycles. The van der Waals surface area contributed by atoms with Crippen LogP contribution in [0, 0.1) is 0 Å². The van der Waals surface area contributed by atoms with Crippen molar-refractivity contribution in [1.29, 1.82) is 0 Å². The summed E-state index contributed by atoms with van der Waals surface area (Å²) in [7, 11) is 0. The lowest BCUT2D eigenvalue weighted by molar-refractivity contribution is 0.127. The van der Waals surface area contributed by atoms with Crippen LogP contribution in [-0.4, -0.2) is 36.4 Å². The fraction of sp³-hybridized carbons (Fsp3) is 0.538. The Morgan fingerprint density at radius 1 is 0.710 bits per heavy atom. The van der Waals surface area contributed by atoms with Crippen molar-refractivity contribution < 1.29 is 14.2 Å². The standard InChI is InChI=1S/C26H38N2O3/c1-3-5-6-7-8-9-10-19-31-25-21-27-26(28-22-25)23-13-15-24(16-14-23)30-20-12-11-18-29-17-4-2/h9-10,13-16,21-22H,3-8,11-12,17-20H2,1-2H3/b10-9+. The molecule has 31 heavy (non-hydrogen) atoms. The SMILES string of the molecule is CCCCCC/C=C/COc1cnc(-c2ccc(OCCCCOCCC)cc2)nc1. The van der Waals surface area contributed by atoms with Gasteiger partial charge >= 0.3 is 0 Å². The Morgan fingerprint density at radius 2 is 1.48 bits per heavy atom. The normalized spacial score (nSPS) is 11.2. The third-order valence-corrected chi connectivity index (χ3v) is 4.78. The van der Waals surface area contributed by atoms with Gasteiger partial charge in [-0.2, -0.15) is 0 Å². The van der Waals surface area contributed by atoms with Gasteiger partial charge in [0.25, 0.3) is 0 Å². The zero-order valence-corrected chi connectivity index (χ0v) is 19.2. The molecule has 1 aromatic carbocycles. The number of hydrogen-bond donors (Lipinski definition) is 0. The van der Waals surface area contributed by atoms with Gasteiger partial charge in [0.05, 0.1) is 19.0 Å². The number of unbranched alkanes of at least 4 members (excludes halogenated alkanes) is 5. The summed E-state index contributed by atoms with van der Waals surface area (Å²) in [6, 6.07) is 7.89. The highest BCUT2D eigenvalue weighted by atomic mass is 16.5. The van der Waals surface area contributed by atoms with E-state index in [2.05, 4.69) is 36.0 Å². The first-order valence-corrected chi connectivity index (χ1v) is 11.7. The van der Waals surface area contributed by atoms with Crippen molar-refractivity contribution in [3.8, 4) is 22.9 Å². The Balaban J connectivity index is 1.67. The molecule has 0 fully saturated rings. The number of nitrogens with zero attached hydrogens (tertiary/aromatic N) is 2. The fourth-order valence-corrected chi connectivity index (χ4v) is 3.00. The van der Waals surface area contributed by atoms with Crippen molar-refractivity contribution in [3.05, 3.63) is 48.8 Å². The van der Waals surface area contributed by atoms with Crippen molar-refractivity contribution >= 4 is 0 Å². The van der Waals surface area contributed by atoms with Crippen molar-refractivity contribution in [2.45, 2.75) is 65.2 Å². The maximum Gasteiger partial charge on any atom is 0.159 e. The number of ether oxygens (including phenoxy) is 3.